The topological polar surface area (TPSA) is 21.3 Å². The van der Waals surface area contributed by atoms with Gasteiger partial charge in [-0.2, -0.15) is 0 Å². The third-order valence-electron chi connectivity index (χ3n) is 3.10. The summed E-state index contributed by atoms with van der Waals surface area (Å²) in [7, 11) is -1.76. The quantitative estimate of drug-likeness (QED) is 0.238. The van der Waals surface area contributed by atoms with Crippen molar-refractivity contribution in [3.05, 3.63) is 86.5 Å². The highest BCUT2D eigenvalue weighted by atomic mass is 127. The van der Waals surface area contributed by atoms with Gasteiger partial charge in [0.2, 0.25) is 8.32 Å². The van der Waals surface area contributed by atoms with Gasteiger partial charge in [0, 0.05) is 26.1 Å². The molecule has 0 atom stereocenters. The van der Waals surface area contributed by atoms with E-state index in [0.717, 1.165) is 20.4 Å². The Kier molecular flexibility index (Phi) is 6.54. The van der Waals surface area contributed by atoms with E-state index in [1.54, 1.807) is 0 Å². The molecule has 126 valence electrons. The average Bonchev–Trinajstić information content (AvgIpc) is 2.75. The zero-order chi connectivity index (χ0) is 17.7. The molecule has 1 N–H and O–H groups in total. The Morgan fingerprint density at radius 3 is 2.71 bits per heavy atom. The number of hydrogen-bond donors (Lipinski definition) is 1. The zero-order valence-electron chi connectivity index (χ0n) is 14.1. The second-order valence-electron chi connectivity index (χ2n) is 6.33. The van der Waals surface area contributed by atoms with Gasteiger partial charge in [0.1, 0.15) is 5.76 Å². The van der Waals surface area contributed by atoms with E-state index in [1.807, 2.05) is 48.7 Å². The lowest BCUT2D eigenvalue weighted by Crippen LogP contribution is -2.26. The Bertz CT molecular complexity index is 757. The monoisotopic (exact) mass is 469 g/mol. The van der Waals surface area contributed by atoms with Crippen LogP contribution in [0.3, 0.4) is 0 Å². The molecular formula is C19H21ClINOSi. The summed E-state index contributed by atoms with van der Waals surface area (Å²) in [4.78, 5) is 0. The van der Waals surface area contributed by atoms with Crippen molar-refractivity contribution in [3.8, 4) is 0 Å². The largest absolute Gasteiger partial charge is 0.544 e. The molecule has 0 aliphatic carbocycles. The van der Waals surface area contributed by atoms with Crippen molar-refractivity contribution in [3.63, 3.8) is 0 Å². The number of halogens is 2. The fraction of sp³-hybridized carbons (Fsp3) is 0.158. The Hall–Kier alpha value is -1.24. The molecule has 2 nitrogen and oxygen atoms in total. The molecule has 0 bridgehead atoms. The molecule has 0 radical (unpaired) electrons. The zero-order valence-corrected chi connectivity index (χ0v) is 18.0. The highest BCUT2D eigenvalue weighted by Gasteiger charge is 2.20. The molecule has 0 spiro atoms. The lowest BCUT2D eigenvalue weighted by atomic mass is 10.1. The van der Waals surface area contributed by atoms with Gasteiger partial charge in [-0.05, 0) is 84.2 Å². The minimum Gasteiger partial charge on any atom is -0.544 e. The second-order valence-corrected chi connectivity index (χ2v) is 12.4. The van der Waals surface area contributed by atoms with Crippen LogP contribution < -0.4 is 5.32 Å². The first-order valence-corrected chi connectivity index (χ1v) is 12.5. The molecule has 1 heterocycles. The molecule has 0 aromatic heterocycles. The molecule has 0 saturated carbocycles. The van der Waals surface area contributed by atoms with Crippen molar-refractivity contribution < 1.29 is 4.43 Å². The van der Waals surface area contributed by atoms with Gasteiger partial charge in [-0.3, -0.25) is 0 Å². The summed E-state index contributed by atoms with van der Waals surface area (Å²) in [6, 6.07) is 5.85. The minimum atomic E-state index is -1.76. The molecule has 0 unspecified atom stereocenters. The number of hydrogen-bond acceptors (Lipinski definition) is 2. The number of nitrogens with one attached hydrogen (secondary N) is 1. The van der Waals surface area contributed by atoms with Crippen LogP contribution >= 0.6 is 34.2 Å². The molecule has 2 rings (SSSR count). The van der Waals surface area contributed by atoms with E-state index in [2.05, 4.69) is 60.2 Å². The maximum atomic E-state index is 6.17. The summed E-state index contributed by atoms with van der Waals surface area (Å²) in [5.41, 5.74) is 2.91. The van der Waals surface area contributed by atoms with Gasteiger partial charge in [0.15, 0.2) is 0 Å². The average molecular weight is 470 g/mol. The Balaban J connectivity index is 2.49. The van der Waals surface area contributed by atoms with Gasteiger partial charge in [-0.1, -0.05) is 30.3 Å². The number of rotatable bonds is 5. The van der Waals surface area contributed by atoms with Crippen molar-refractivity contribution in [2.75, 3.05) is 0 Å². The highest BCUT2D eigenvalue weighted by molar-refractivity contribution is 14.1. The van der Waals surface area contributed by atoms with E-state index < -0.39 is 8.32 Å². The standard InChI is InChI=1S/C19H21ClINOSi/c1-14(23-24(2,3)4)17(19-8-6-5-7-11-22-19)13-15-12-16(20)9-10-18(15)21/h5-13,22H,1H2,2-4H3. The van der Waals surface area contributed by atoms with Crippen molar-refractivity contribution in [2.45, 2.75) is 19.6 Å². The van der Waals surface area contributed by atoms with Gasteiger partial charge in [0.25, 0.3) is 0 Å². The molecule has 1 aliphatic rings. The minimum absolute atomic E-state index is 0.674. The second kappa shape index (κ2) is 8.23. The predicted octanol–water partition coefficient (Wildman–Crippen LogP) is 6.25. The first-order valence-electron chi connectivity index (χ1n) is 7.62. The molecule has 5 heteroatoms. The Morgan fingerprint density at radius 2 is 2.00 bits per heavy atom. The molecule has 0 amide bonds. The Labute approximate surface area is 163 Å². The maximum absolute atomic E-state index is 6.17. The summed E-state index contributed by atoms with van der Waals surface area (Å²) in [5.74, 6) is 0.674. The molecule has 1 aromatic carbocycles. The first kappa shape index (κ1) is 19.1. The number of benzene rings is 1. The van der Waals surface area contributed by atoms with Crippen LogP contribution in [-0.2, 0) is 4.43 Å². The molecule has 1 aliphatic heterocycles. The van der Waals surface area contributed by atoms with Crippen molar-refractivity contribution in [2.24, 2.45) is 0 Å². The normalized spacial score (nSPS) is 14.7. The van der Waals surface area contributed by atoms with E-state index in [9.17, 15) is 0 Å². The smallest absolute Gasteiger partial charge is 0.242 e. The van der Waals surface area contributed by atoms with Gasteiger partial charge < -0.3 is 9.74 Å². The van der Waals surface area contributed by atoms with Crippen LogP contribution in [0.2, 0.25) is 24.7 Å². The predicted molar refractivity (Wildman–Crippen MR) is 115 cm³/mol. The van der Waals surface area contributed by atoms with Gasteiger partial charge in [-0.15, -0.1) is 0 Å². The molecule has 24 heavy (non-hydrogen) atoms. The van der Waals surface area contributed by atoms with Crippen molar-refractivity contribution in [1.29, 1.82) is 0 Å². The fourth-order valence-corrected chi connectivity index (χ4v) is 3.66. The first-order chi connectivity index (χ1) is 11.3. The van der Waals surface area contributed by atoms with E-state index in [1.165, 1.54) is 0 Å². The Morgan fingerprint density at radius 1 is 1.25 bits per heavy atom. The van der Waals surface area contributed by atoms with Crippen LogP contribution in [0.25, 0.3) is 6.08 Å². The van der Waals surface area contributed by atoms with Gasteiger partial charge >= 0.3 is 0 Å². The lowest BCUT2D eigenvalue weighted by Gasteiger charge is -2.24. The summed E-state index contributed by atoms with van der Waals surface area (Å²) in [6.07, 6.45) is 11.9. The van der Waals surface area contributed by atoms with Crippen LogP contribution in [0.15, 0.2) is 72.3 Å². The summed E-state index contributed by atoms with van der Waals surface area (Å²) in [6.45, 7) is 10.6. The van der Waals surface area contributed by atoms with Crippen LogP contribution in [-0.4, -0.2) is 8.32 Å². The van der Waals surface area contributed by atoms with Crippen LogP contribution in [0, 0.1) is 3.57 Å². The SMILES string of the molecule is C=C(O[Si](C)(C)C)C(=Cc1cc(Cl)ccc1I)C1=CC=CC=CN1. The van der Waals surface area contributed by atoms with Crippen LogP contribution in [0.1, 0.15) is 5.56 Å². The third-order valence-corrected chi connectivity index (χ3v) is 5.17. The molecule has 0 fully saturated rings. The third kappa shape index (κ3) is 5.68. The highest BCUT2D eigenvalue weighted by Crippen LogP contribution is 2.27. The van der Waals surface area contributed by atoms with E-state index >= 15 is 0 Å². The van der Waals surface area contributed by atoms with Crippen LogP contribution in [0.4, 0.5) is 0 Å². The fourth-order valence-electron chi connectivity index (χ4n) is 2.14. The summed E-state index contributed by atoms with van der Waals surface area (Å²) in [5, 5.41) is 4.00. The van der Waals surface area contributed by atoms with Crippen molar-refractivity contribution in [1.82, 2.24) is 5.32 Å². The van der Waals surface area contributed by atoms with Gasteiger partial charge in [0.05, 0.1) is 0 Å². The molecular weight excluding hydrogens is 449 g/mol. The maximum Gasteiger partial charge on any atom is 0.242 e. The van der Waals surface area contributed by atoms with Gasteiger partial charge in [-0.25, -0.2) is 0 Å². The van der Waals surface area contributed by atoms with Crippen molar-refractivity contribution >= 4 is 48.6 Å². The van der Waals surface area contributed by atoms with Crippen LogP contribution in [0.5, 0.6) is 0 Å². The van der Waals surface area contributed by atoms with E-state index in [0.29, 0.717) is 10.8 Å². The van der Waals surface area contributed by atoms with E-state index in [4.69, 9.17) is 16.0 Å². The summed E-state index contributed by atoms with van der Waals surface area (Å²) < 4.78 is 7.27. The van der Waals surface area contributed by atoms with E-state index in [-0.39, 0.29) is 0 Å². The molecule has 0 saturated heterocycles. The lowest BCUT2D eigenvalue weighted by molar-refractivity contribution is 0.437. The molecule has 1 aromatic rings. The number of allylic oxidation sites excluding steroid dienone is 4. The summed E-state index contributed by atoms with van der Waals surface area (Å²) >= 11 is 8.47.